The Balaban J connectivity index is 2.17. The van der Waals surface area contributed by atoms with Crippen molar-refractivity contribution in [3.05, 3.63) is 28.4 Å². The van der Waals surface area contributed by atoms with Crippen molar-refractivity contribution in [2.24, 2.45) is 0 Å². The molecule has 0 saturated carbocycles. The minimum atomic E-state index is -0.176. The average molecular weight is 307 g/mol. The first-order valence-corrected chi connectivity index (χ1v) is 7.15. The number of ether oxygens (including phenoxy) is 1. The van der Waals surface area contributed by atoms with Crippen molar-refractivity contribution in [1.29, 1.82) is 0 Å². The molecule has 21 heavy (non-hydrogen) atoms. The van der Waals surface area contributed by atoms with E-state index in [9.17, 15) is 4.79 Å². The molecule has 0 aliphatic carbocycles. The van der Waals surface area contributed by atoms with Crippen molar-refractivity contribution in [3.8, 4) is 5.88 Å². The molecule has 0 fully saturated rings. The number of nitrogens with one attached hydrogen (secondary N) is 1. The molecule has 0 radical (unpaired) electrons. The number of anilines is 1. The maximum absolute atomic E-state index is 12.4. The van der Waals surface area contributed by atoms with Gasteiger partial charge in [-0.2, -0.15) is 4.37 Å². The fourth-order valence-electron chi connectivity index (χ4n) is 1.83. The molecule has 0 spiro atoms. The summed E-state index contributed by atoms with van der Waals surface area (Å²) in [7, 11) is 5.00. The molecule has 0 unspecified atom stereocenters. The van der Waals surface area contributed by atoms with Gasteiger partial charge in [0.1, 0.15) is 5.69 Å². The molecule has 0 saturated heterocycles. The van der Waals surface area contributed by atoms with Gasteiger partial charge in [0.05, 0.1) is 13.7 Å². The zero-order valence-electron chi connectivity index (χ0n) is 12.4. The first kappa shape index (κ1) is 15.2. The summed E-state index contributed by atoms with van der Waals surface area (Å²) in [5.74, 6) is 0.807. The van der Waals surface area contributed by atoms with Crippen molar-refractivity contribution in [3.63, 3.8) is 0 Å². The quantitative estimate of drug-likeness (QED) is 0.903. The lowest BCUT2D eigenvalue weighted by atomic mass is 10.2. The van der Waals surface area contributed by atoms with Gasteiger partial charge in [0.25, 0.3) is 5.91 Å². The fourth-order valence-corrected chi connectivity index (χ4v) is 2.48. The summed E-state index contributed by atoms with van der Waals surface area (Å²) in [6.45, 7) is 2.24. The van der Waals surface area contributed by atoms with Crippen LogP contribution in [0.25, 0.3) is 0 Å². The van der Waals surface area contributed by atoms with E-state index < -0.39 is 0 Å². The van der Waals surface area contributed by atoms with Crippen LogP contribution in [0.4, 0.5) is 5.95 Å². The Labute approximate surface area is 127 Å². The number of nitrogens with zero attached hydrogens (tertiary/aromatic N) is 4. The van der Waals surface area contributed by atoms with Crippen LogP contribution in [0.1, 0.15) is 21.7 Å². The Morgan fingerprint density at radius 2 is 2.24 bits per heavy atom. The number of hydrogen-bond acceptors (Lipinski definition) is 7. The predicted molar refractivity (Wildman–Crippen MR) is 80.8 cm³/mol. The van der Waals surface area contributed by atoms with Crippen LogP contribution in [-0.4, -0.2) is 46.4 Å². The van der Waals surface area contributed by atoms with Crippen molar-refractivity contribution in [1.82, 2.24) is 19.2 Å². The summed E-state index contributed by atoms with van der Waals surface area (Å²) in [5.41, 5.74) is 1.97. The summed E-state index contributed by atoms with van der Waals surface area (Å²) in [5, 5.41) is 4.71. The van der Waals surface area contributed by atoms with Crippen LogP contribution in [0.3, 0.4) is 0 Å². The molecule has 2 aromatic heterocycles. The van der Waals surface area contributed by atoms with E-state index in [1.54, 1.807) is 32.2 Å². The van der Waals surface area contributed by atoms with E-state index in [-0.39, 0.29) is 5.91 Å². The first-order chi connectivity index (χ1) is 10.0. The fraction of sp³-hybridized carbons (Fsp3) is 0.385. The highest BCUT2D eigenvalue weighted by atomic mass is 32.1. The zero-order chi connectivity index (χ0) is 15.4. The van der Waals surface area contributed by atoms with E-state index in [0.29, 0.717) is 24.1 Å². The molecule has 1 amide bonds. The monoisotopic (exact) mass is 307 g/mol. The molecule has 0 aliphatic heterocycles. The smallest absolute Gasteiger partial charge is 0.272 e. The van der Waals surface area contributed by atoms with E-state index in [0.717, 1.165) is 11.3 Å². The maximum Gasteiger partial charge on any atom is 0.272 e. The van der Waals surface area contributed by atoms with Gasteiger partial charge in [0.15, 0.2) is 0 Å². The van der Waals surface area contributed by atoms with Crippen LogP contribution in [0.2, 0.25) is 0 Å². The van der Waals surface area contributed by atoms with Crippen molar-refractivity contribution >= 4 is 23.4 Å². The summed E-state index contributed by atoms with van der Waals surface area (Å²) in [6, 6.07) is 1.67. The van der Waals surface area contributed by atoms with Crippen molar-refractivity contribution in [2.75, 3.05) is 26.5 Å². The van der Waals surface area contributed by atoms with Crippen LogP contribution in [0.15, 0.2) is 11.4 Å². The molecule has 2 heterocycles. The predicted octanol–water partition coefficient (Wildman–Crippen LogP) is 1.56. The standard InChI is InChI=1S/C13H17N5O2S/c1-8-5-10(16-13(14-2)15-8)12(19)18(3)6-9-7-21-17-11(9)20-4/h5,7H,6H2,1-4H3,(H,14,15,16). The van der Waals surface area contributed by atoms with Crippen LogP contribution in [0.5, 0.6) is 5.88 Å². The third-order valence-corrected chi connectivity index (χ3v) is 3.51. The van der Waals surface area contributed by atoms with Crippen molar-refractivity contribution < 1.29 is 9.53 Å². The Morgan fingerprint density at radius 3 is 2.90 bits per heavy atom. The van der Waals surface area contributed by atoms with Gasteiger partial charge >= 0.3 is 0 Å². The number of methoxy groups -OCH3 is 1. The molecule has 1 N–H and O–H groups in total. The number of amides is 1. The third kappa shape index (κ3) is 3.46. The zero-order valence-corrected chi connectivity index (χ0v) is 13.2. The second kappa shape index (κ2) is 6.49. The number of carbonyl (C=O) groups is 1. The molecular formula is C13H17N5O2S. The molecule has 0 aliphatic rings. The lowest BCUT2D eigenvalue weighted by molar-refractivity contribution is 0.0778. The number of carbonyl (C=O) groups excluding carboxylic acids is 1. The van der Waals surface area contributed by atoms with Gasteiger partial charge in [-0.05, 0) is 24.5 Å². The van der Waals surface area contributed by atoms with E-state index in [4.69, 9.17) is 4.74 Å². The van der Waals surface area contributed by atoms with Gasteiger partial charge in [0, 0.05) is 30.7 Å². The molecule has 0 atom stereocenters. The molecule has 0 bridgehead atoms. The molecule has 2 aromatic rings. The van der Waals surface area contributed by atoms with E-state index in [1.165, 1.54) is 11.5 Å². The van der Waals surface area contributed by atoms with Gasteiger partial charge in [-0.3, -0.25) is 4.79 Å². The van der Waals surface area contributed by atoms with Crippen LogP contribution in [-0.2, 0) is 6.54 Å². The van der Waals surface area contributed by atoms with Crippen LogP contribution >= 0.6 is 11.5 Å². The number of aromatic nitrogens is 3. The molecular weight excluding hydrogens is 290 g/mol. The molecule has 112 valence electrons. The van der Waals surface area contributed by atoms with E-state index >= 15 is 0 Å². The third-order valence-electron chi connectivity index (χ3n) is 2.85. The summed E-state index contributed by atoms with van der Waals surface area (Å²) in [4.78, 5) is 22.4. The van der Waals surface area contributed by atoms with Crippen molar-refractivity contribution in [2.45, 2.75) is 13.5 Å². The van der Waals surface area contributed by atoms with Gasteiger partial charge in [-0.25, -0.2) is 9.97 Å². The van der Waals surface area contributed by atoms with Gasteiger partial charge in [-0.15, -0.1) is 0 Å². The average Bonchev–Trinajstić information content (AvgIpc) is 2.92. The van der Waals surface area contributed by atoms with Gasteiger partial charge in [-0.1, -0.05) is 0 Å². The Kier molecular flexibility index (Phi) is 4.69. The van der Waals surface area contributed by atoms with Gasteiger partial charge in [0.2, 0.25) is 11.8 Å². The second-order valence-corrected chi connectivity index (χ2v) is 5.11. The van der Waals surface area contributed by atoms with Gasteiger partial charge < -0.3 is 15.0 Å². The lowest BCUT2D eigenvalue weighted by Crippen LogP contribution is -2.27. The highest BCUT2D eigenvalue weighted by Gasteiger charge is 2.17. The Bertz CT molecular complexity index is 643. The minimum Gasteiger partial charge on any atom is -0.480 e. The summed E-state index contributed by atoms with van der Waals surface area (Å²) >= 11 is 1.30. The van der Waals surface area contributed by atoms with Crippen LogP contribution < -0.4 is 10.1 Å². The normalized spacial score (nSPS) is 10.3. The van der Waals surface area contributed by atoms with E-state index in [2.05, 4.69) is 19.7 Å². The maximum atomic E-state index is 12.4. The molecule has 2 rings (SSSR count). The molecule has 8 heteroatoms. The number of rotatable bonds is 5. The van der Waals surface area contributed by atoms with E-state index in [1.807, 2.05) is 12.3 Å². The molecule has 7 nitrogen and oxygen atoms in total. The SMILES string of the molecule is CNc1nc(C)cc(C(=O)N(C)Cc2csnc2OC)n1. The Hall–Kier alpha value is -2.22. The number of aryl methyl sites for hydroxylation is 1. The lowest BCUT2D eigenvalue weighted by Gasteiger charge is -2.17. The largest absolute Gasteiger partial charge is 0.480 e. The topological polar surface area (TPSA) is 80.2 Å². The first-order valence-electron chi connectivity index (χ1n) is 6.31. The van der Waals surface area contributed by atoms with Crippen LogP contribution in [0, 0.1) is 6.92 Å². The Morgan fingerprint density at radius 1 is 1.48 bits per heavy atom. The minimum absolute atomic E-state index is 0.176. The summed E-state index contributed by atoms with van der Waals surface area (Å²) < 4.78 is 9.26. The summed E-state index contributed by atoms with van der Waals surface area (Å²) in [6.07, 6.45) is 0. The highest BCUT2D eigenvalue weighted by molar-refractivity contribution is 7.03. The second-order valence-electron chi connectivity index (χ2n) is 4.48. The number of hydrogen-bond donors (Lipinski definition) is 1. The molecule has 0 aromatic carbocycles. The highest BCUT2D eigenvalue weighted by Crippen LogP contribution is 2.20.